The lowest BCUT2D eigenvalue weighted by Gasteiger charge is -2.15. The highest BCUT2D eigenvalue weighted by Crippen LogP contribution is 2.39. The van der Waals surface area contributed by atoms with E-state index in [4.69, 9.17) is 15.0 Å². The summed E-state index contributed by atoms with van der Waals surface area (Å²) in [5.74, 6) is 1.74. The number of nitriles is 1. The lowest BCUT2D eigenvalue weighted by molar-refractivity contribution is 1.07. The Bertz CT molecular complexity index is 2960. The molecule has 0 bridgehead atoms. The largest absolute Gasteiger partial charge is 0.309 e. The summed E-state index contributed by atoms with van der Waals surface area (Å²) < 4.78 is 2.36. The van der Waals surface area contributed by atoms with Crippen molar-refractivity contribution in [3.8, 4) is 79.3 Å². The summed E-state index contributed by atoms with van der Waals surface area (Å²) in [6.45, 7) is 0. The van der Waals surface area contributed by atoms with Crippen molar-refractivity contribution in [3.05, 3.63) is 206 Å². The van der Waals surface area contributed by atoms with Crippen LogP contribution in [0, 0.1) is 11.3 Å². The van der Waals surface area contributed by atoms with Crippen LogP contribution in [0.1, 0.15) is 5.56 Å². The Morgan fingerprint density at radius 2 is 0.754 bits per heavy atom. The molecule has 0 radical (unpaired) electrons. The van der Waals surface area contributed by atoms with Crippen molar-refractivity contribution >= 4 is 21.8 Å². The van der Waals surface area contributed by atoms with Crippen molar-refractivity contribution in [2.45, 2.75) is 0 Å². The maximum Gasteiger partial charge on any atom is 0.164 e. The van der Waals surface area contributed by atoms with Gasteiger partial charge in [-0.1, -0.05) is 158 Å². The first-order valence-electron chi connectivity index (χ1n) is 18.9. The van der Waals surface area contributed by atoms with E-state index in [1.165, 1.54) is 0 Å². The first kappa shape index (κ1) is 33.6. The molecule has 0 aliphatic rings. The molecule has 2 heterocycles. The Balaban J connectivity index is 1.28. The molecule has 10 aromatic rings. The molecule has 0 unspecified atom stereocenters. The molecule has 0 fully saturated rings. The van der Waals surface area contributed by atoms with E-state index in [2.05, 4.69) is 120 Å². The van der Waals surface area contributed by atoms with Crippen LogP contribution < -0.4 is 0 Å². The fourth-order valence-electron chi connectivity index (χ4n) is 7.66. The summed E-state index contributed by atoms with van der Waals surface area (Å²) in [6, 6.07) is 71.2. The molecule has 2 aromatic heterocycles. The number of rotatable bonds is 7. The molecule has 0 spiro atoms. The maximum absolute atomic E-state index is 9.92. The van der Waals surface area contributed by atoms with Crippen LogP contribution in [0.25, 0.3) is 95.0 Å². The summed E-state index contributed by atoms with van der Waals surface area (Å²) in [5, 5.41) is 12.2. The van der Waals surface area contributed by atoms with Gasteiger partial charge in [-0.15, -0.1) is 0 Å². The molecule has 0 saturated heterocycles. The SMILES string of the molecule is N#Cc1cccc(-c2cc(-c3nc(-c4ccccc4)nc(-c4ccccc4)n3)cc(-n3c4cc(-c5ccccc5)ccc4c4ccc(-c5ccccc5)cc43)c2)c1. The molecular weight excluding hydrogens is 695 g/mol. The van der Waals surface area contributed by atoms with Crippen LogP contribution in [0.2, 0.25) is 0 Å². The molecule has 0 atom stereocenters. The number of fused-ring (bicyclic) bond motifs is 3. The number of aromatic nitrogens is 4. The molecule has 57 heavy (non-hydrogen) atoms. The number of hydrogen-bond donors (Lipinski definition) is 0. The summed E-state index contributed by atoms with van der Waals surface area (Å²) in [4.78, 5) is 15.2. The molecule has 5 nitrogen and oxygen atoms in total. The first-order chi connectivity index (χ1) is 28.2. The molecule has 5 heteroatoms. The Kier molecular flexibility index (Phi) is 8.48. The van der Waals surface area contributed by atoms with Crippen LogP contribution >= 0.6 is 0 Å². The van der Waals surface area contributed by atoms with Gasteiger partial charge in [-0.25, -0.2) is 15.0 Å². The summed E-state index contributed by atoms with van der Waals surface area (Å²) >= 11 is 0. The van der Waals surface area contributed by atoms with Gasteiger partial charge in [0.05, 0.1) is 22.7 Å². The molecular formula is C52H33N5. The van der Waals surface area contributed by atoms with Crippen molar-refractivity contribution in [2.75, 3.05) is 0 Å². The highest BCUT2D eigenvalue weighted by Gasteiger charge is 2.19. The first-order valence-corrected chi connectivity index (χ1v) is 18.9. The highest BCUT2D eigenvalue weighted by molar-refractivity contribution is 6.11. The third-order valence-corrected chi connectivity index (χ3v) is 10.4. The average molecular weight is 728 g/mol. The molecule has 0 N–H and O–H groups in total. The molecule has 10 rings (SSSR count). The van der Waals surface area contributed by atoms with Crippen LogP contribution in [-0.2, 0) is 0 Å². The minimum Gasteiger partial charge on any atom is -0.309 e. The zero-order chi connectivity index (χ0) is 38.1. The Labute approximate surface area is 330 Å². The van der Waals surface area contributed by atoms with Gasteiger partial charge in [-0.3, -0.25) is 0 Å². The highest BCUT2D eigenvalue weighted by atomic mass is 15.0. The van der Waals surface area contributed by atoms with Gasteiger partial charge in [0, 0.05) is 33.2 Å². The van der Waals surface area contributed by atoms with Crippen LogP contribution in [-0.4, -0.2) is 19.5 Å². The zero-order valence-corrected chi connectivity index (χ0v) is 30.8. The van der Waals surface area contributed by atoms with Crippen molar-refractivity contribution in [2.24, 2.45) is 0 Å². The van der Waals surface area contributed by atoms with E-state index in [0.717, 1.165) is 77.6 Å². The molecule has 0 aliphatic carbocycles. The maximum atomic E-state index is 9.92. The van der Waals surface area contributed by atoms with Gasteiger partial charge in [0.25, 0.3) is 0 Å². The number of benzene rings is 8. The molecule has 0 aliphatic heterocycles. The third kappa shape index (κ3) is 6.42. The summed E-state index contributed by atoms with van der Waals surface area (Å²) in [5.41, 5.74) is 12.8. The van der Waals surface area contributed by atoms with Gasteiger partial charge in [0.1, 0.15) is 0 Å². The van der Waals surface area contributed by atoms with Crippen LogP contribution in [0.4, 0.5) is 0 Å². The summed E-state index contributed by atoms with van der Waals surface area (Å²) in [7, 11) is 0. The minimum atomic E-state index is 0.554. The Morgan fingerprint density at radius 1 is 0.333 bits per heavy atom. The quantitative estimate of drug-likeness (QED) is 0.164. The van der Waals surface area contributed by atoms with E-state index in [-0.39, 0.29) is 0 Å². The Morgan fingerprint density at radius 3 is 1.25 bits per heavy atom. The topological polar surface area (TPSA) is 67.4 Å². The van der Waals surface area contributed by atoms with Crippen LogP contribution in [0.3, 0.4) is 0 Å². The minimum absolute atomic E-state index is 0.554. The number of nitrogens with zero attached hydrogens (tertiary/aromatic N) is 5. The van der Waals surface area contributed by atoms with Gasteiger partial charge < -0.3 is 4.57 Å². The van der Waals surface area contributed by atoms with Crippen molar-refractivity contribution < 1.29 is 0 Å². The second-order valence-corrected chi connectivity index (χ2v) is 14.0. The average Bonchev–Trinajstić information content (AvgIpc) is 3.63. The molecule has 0 amide bonds. The van der Waals surface area contributed by atoms with Gasteiger partial charge in [-0.2, -0.15) is 5.26 Å². The van der Waals surface area contributed by atoms with Crippen molar-refractivity contribution in [3.63, 3.8) is 0 Å². The molecule has 0 saturated carbocycles. The van der Waals surface area contributed by atoms with Crippen LogP contribution in [0.15, 0.2) is 200 Å². The third-order valence-electron chi connectivity index (χ3n) is 10.4. The summed E-state index contributed by atoms with van der Waals surface area (Å²) in [6.07, 6.45) is 0. The second kappa shape index (κ2) is 14.4. The smallest absolute Gasteiger partial charge is 0.164 e. The van der Waals surface area contributed by atoms with E-state index in [1.807, 2.05) is 91.0 Å². The van der Waals surface area contributed by atoms with Gasteiger partial charge >= 0.3 is 0 Å². The fraction of sp³-hybridized carbons (Fsp3) is 0. The van der Waals surface area contributed by atoms with E-state index in [0.29, 0.717) is 23.0 Å². The van der Waals surface area contributed by atoms with E-state index in [9.17, 15) is 5.26 Å². The van der Waals surface area contributed by atoms with E-state index < -0.39 is 0 Å². The normalized spacial score (nSPS) is 11.1. The standard InChI is InChI=1S/C52H33N5/c53-34-35-14-13-23-40(28-35)43-29-44(52-55-50(38-19-9-3-10-20-38)54-51(56-52)39-21-11-4-12-22-39)31-45(30-43)57-48-32-41(36-15-5-1-6-16-36)24-26-46(48)47-27-25-42(33-49(47)57)37-17-7-2-8-18-37/h1-33H. The van der Waals surface area contributed by atoms with E-state index in [1.54, 1.807) is 0 Å². The van der Waals surface area contributed by atoms with Gasteiger partial charge in [-0.05, 0) is 75.8 Å². The van der Waals surface area contributed by atoms with Gasteiger partial charge in [0.2, 0.25) is 0 Å². The lowest BCUT2D eigenvalue weighted by atomic mass is 9.99. The fourth-order valence-corrected chi connectivity index (χ4v) is 7.66. The number of hydrogen-bond acceptors (Lipinski definition) is 4. The molecule has 8 aromatic carbocycles. The van der Waals surface area contributed by atoms with Gasteiger partial charge in [0.15, 0.2) is 17.5 Å². The molecule has 266 valence electrons. The Hall–Kier alpha value is -7.94. The predicted molar refractivity (Wildman–Crippen MR) is 231 cm³/mol. The second-order valence-electron chi connectivity index (χ2n) is 14.0. The zero-order valence-electron chi connectivity index (χ0n) is 30.8. The lowest BCUT2D eigenvalue weighted by Crippen LogP contribution is -2.02. The predicted octanol–water partition coefficient (Wildman–Crippen LogP) is 12.8. The van der Waals surface area contributed by atoms with E-state index >= 15 is 0 Å². The monoisotopic (exact) mass is 727 g/mol. The van der Waals surface area contributed by atoms with Crippen molar-refractivity contribution in [1.82, 2.24) is 19.5 Å². The van der Waals surface area contributed by atoms with Crippen molar-refractivity contribution in [1.29, 1.82) is 5.26 Å². The van der Waals surface area contributed by atoms with Crippen LogP contribution in [0.5, 0.6) is 0 Å².